The van der Waals surface area contributed by atoms with Gasteiger partial charge in [-0.2, -0.15) is 0 Å². The number of halogens is 1. The number of aliphatic hydroxyl groups is 1. The molecule has 4 nitrogen and oxygen atoms in total. The van der Waals surface area contributed by atoms with E-state index in [1.54, 1.807) is 24.8 Å². The normalized spacial score (nSPS) is 14.0. The molecule has 0 spiro atoms. The minimum absolute atomic E-state index is 0.344. The summed E-state index contributed by atoms with van der Waals surface area (Å²) in [5.74, 6) is 0. The molecule has 2 heterocycles. The minimum Gasteiger partial charge on any atom is -0.377 e. The van der Waals surface area contributed by atoms with Crippen LogP contribution < -0.4 is 0 Å². The van der Waals surface area contributed by atoms with Crippen LogP contribution in [0.2, 0.25) is 0 Å². The fourth-order valence-corrected chi connectivity index (χ4v) is 2.57. The van der Waals surface area contributed by atoms with Crippen molar-refractivity contribution in [3.63, 3.8) is 0 Å². The standard InChI is InChI=1S/C18H16BrN3O/c19-16-6-4-15(5-7-16)8-9-18(23,13-22-12-11-20-14-22)17-3-1-2-10-21-17/h1-12,14,23H,13H2/b9-8+/t18-/m0/s1. The van der Waals surface area contributed by atoms with E-state index in [2.05, 4.69) is 25.9 Å². The predicted octanol–water partition coefficient (Wildman–Crippen LogP) is 3.64. The van der Waals surface area contributed by atoms with Crippen LogP contribution in [0.1, 0.15) is 11.3 Å². The van der Waals surface area contributed by atoms with Crippen molar-refractivity contribution in [1.29, 1.82) is 0 Å². The third kappa shape index (κ3) is 3.94. The van der Waals surface area contributed by atoms with Crippen LogP contribution in [0.3, 0.4) is 0 Å². The molecule has 1 N–H and O–H groups in total. The summed E-state index contributed by atoms with van der Waals surface area (Å²) in [5, 5.41) is 11.2. The third-order valence-corrected chi connectivity index (χ3v) is 4.04. The zero-order valence-corrected chi connectivity index (χ0v) is 14.0. The lowest BCUT2D eigenvalue weighted by molar-refractivity contribution is 0.0659. The first kappa shape index (κ1) is 15.6. The topological polar surface area (TPSA) is 50.9 Å². The minimum atomic E-state index is -1.21. The highest BCUT2D eigenvalue weighted by atomic mass is 79.9. The molecule has 5 heteroatoms. The molecule has 23 heavy (non-hydrogen) atoms. The van der Waals surface area contributed by atoms with Crippen molar-refractivity contribution < 1.29 is 5.11 Å². The summed E-state index contributed by atoms with van der Waals surface area (Å²) in [4.78, 5) is 8.35. The molecule has 116 valence electrons. The Kier molecular flexibility index (Phi) is 4.69. The first-order valence-electron chi connectivity index (χ1n) is 7.20. The van der Waals surface area contributed by atoms with E-state index in [9.17, 15) is 5.11 Å². The van der Waals surface area contributed by atoms with Gasteiger partial charge in [0.05, 0.1) is 18.6 Å². The second-order valence-corrected chi connectivity index (χ2v) is 6.17. The molecule has 0 fully saturated rings. The Morgan fingerprint density at radius 2 is 1.96 bits per heavy atom. The zero-order valence-electron chi connectivity index (χ0n) is 12.4. The molecule has 1 atom stereocenters. The van der Waals surface area contributed by atoms with Crippen molar-refractivity contribution in [3.8, 4) is 0 Å². The van der Waals surface area contributed by atoms with Gasteiger partial charge >= 0.3 is 0 Å². The summed E-state index contributed by atoms with van der Waals surface area (Å²) in [6, 6.07) is 13.4. The smallest absolute Gasteiger partial charge is 0.143 e. The van der Waals surface area contributed by atoms with E-state index < -0.39 is 5.60 Å². The van der Waals surface area contributed by atoms with Gasteiger partial charge in [0.25, 0.3) is 0 Å². The molecule has 0 saturated carbocycles. The van der Waals surface area contributed by atoms with Crippen molar-refractivity contribution >= 4 is 22.0 Å². The number of rotatable bonds is 5. The van der Waals surface area contributed by atoms with Crippen molar-refractivity contribution in [3.05, 3.63) is 89.2 Å². The quantitative estimate of drug-likeness (QED) is 0.746. The highest BCUT2D eigenvalue weighted by Gasteiger charge is 2.28. The van der Waals surface area contributed by atoms with Crippen LogP contribution in [0.15, 0.2) is 77.9 Å². The third-order valence-electron chi connectivity index (χ3n) is 3.51. The molecule has 0 saturated heterocycles. The lowest BCUT2D eigenvalue weighted by Gasteiger charge is -2.24. The molecular formula is C18H16BrN3O. The van der Waals surface area contributed by atoms with Gasteiger partial charge in [-0.05, 0) is 35.9 Å². The Morgan fingerprint density at radius 1 is 1.13 bits per heavy atom. The Morgan fingerprint density at radius 3 is 2.61 bits per heavy atom. The Hall–Kier alpha value is -2.24. The molecule has 0 aliphatic rings. The monoisotopic (exact) mass is 369 g/mol. The number of aromatic nitrogens is 3. The molecule has 0 aliphatic carbocycles. The van der Waals surface area contributed by atoms with E-state index in [1.165, 1.54) is 0 Å². The molecule has 2 aromatic heterocycles. The van der Waals surface area contributed by atoms with E-state index in [0.717, 1.165) is 10.0 Å². The van der Waals surface area contributed by atoms with Crippen molar-refractivity contribution in [2.24, 2.45) is 0 Å². The van der Waals surface area contributed by atoms with Gasteiger partial charge in [0.15, 0.2) is 0 Å². The van der Waals surface area contributed by atoms with Gasteiger partial charge in [0.2, 0.25) is 0 Å². The number of pyridine rings is 1. The maximum atomic E-state index is 11.2. The second kappa shape index (κ2) is 6.89. The summed E-state index contributed by atoms with van der Waals surface area (Å²) in [6.07, 6.45) is 10.6. The fourth-order valence-electron chi connectivity index (χ4n) is 2.30. The van der Waals surface area contributed by atoms with E-state index in [4.69, 9.17) is 0 Å². The average molecular weight is 370 g/mol. The SMILES string of the molecule is O[C@@](/C=C/c1ccc(Br)cc1)(Cn1ccnc1)c1ccccn1. The average Bonchev–Trinajstić information content (AvgIpc) is 3.08. The van der Waals surface area contributed by atoms with Crippen molar-refractivity contribution in [2.45, 2.75) is 12.1 Å². The maximum absolute atomic E-state index is 11.2. The van der Waals surface area contributed by atoms with Crippen LogP contribution in [-0.2, 0) is 12.1 Å². The molecule has 1 aromatic carbocycles. The molecule has 0 bridgehead atoms. The van der Waals surface area contributed by atoms with E-state index in [1.807, 2.05) is 59.3 Å². The number of hydrogen-bond acceptors (Lipinski definition) is 3. The summed E-state index contributed by atoms with van der Waals surface area (Å²) in [5.41, 5.74) is 0.393. The van der Waals surface area contributed by atoms with Gasteiger partial charge in [0.1, 0.15) is 5.60 Å². The summed E-state index contributed by atoms with van der Waals surface area (Å²) < 4.78 is 2.86. The highest BCUT2D eigenvalue weighted by Crippen LogP contribution is 2.24. The molecule has 0 aliphatic heterocycles. The van der Waals surface area contributed by atoms with Crippen LogP contribution in [0.25, 0.3) is 6.08 Å². The molecule has 3 aromatic rings. The molecule has 3 rings (SSSR count). The number of nitrogens with zero attached hydrogens (tertiary/aromatic N) is 3. The van der Waals surface area contributed by atoms with Crippen LogP contribution in [0, 0.1) is 0 Å². The number of benzene rings is 1. The maximum Gasteiger partial charge on any atom is 0.143 e. The van der Waals surface area contributed by atoms with Crippen molar-refractivity contribution in [2.75, 3.05) is 0 Å². The summed E-state index contributed by atoms with van der Waals surface area (Å²) >= 11 is 3.42. The highest BCUT2D eigenvalue weighted by molar-refractivity contribution is 9.10. The second-order valence-electron chi connectivity index (χ2n) is 5.26. The van der Waals surface area contributed by atoms with Crippen LogP contribution in [0.5, 0.6) is 0 Å². The predicted molar refractivity (Wildman–Crippen MR) is 93.5 cm³/mol. The lowest BCUT2D eigenvalue weighted by Crippen LogP contribution is -2.29. The van der Waals surface area contributed by atoms with Gasteiger partial charge in [-0.15, -0.1) is 0 Å². The van der Waals surface area contributed by atoms with Gasteiger partial charge in [-0.25, -0.2) is 4.98 Å². The van der Waals surface area contributed by atoms with E-state index in [-0.39, 0.29) is 0 Å². The van der Waals surface area contributed by atoms with E-state index >= 15 is 0 Å². The summed E-state index contributed by atoms with van der Waals surface area (Å²) in [6.45, 7) is 0.344. The Bertz CT molecular complexity index is 770. The van der Waals surface area contributed by atoms with Gasteiger partial charge in [-0.3, -0.25) is 4.98 Å². The molecule has 0 radical (unpaired) electrons. The van der Waals surface area contributed by atoms with Crippen LogP contribution in [0.4, 0.5) is 0 Å². The van der Waals surface area contributed by atoms with Gasteiger partial charge < -0.3 is 9.67 Å². The zero-order chi connectivity index (χ0) is 16.1. The van der Waals surface area contributed by atoms with Crippen LogP contribution >= 0.6 is 15.9 Å². The fraction of sp³-hybridized carbons (Fsp3) is 0.111. The number of hydrogen-bond donors (Lipinski definition) is 1. The number of imidazole rings is 1. The molecular weight excluding hydrogens is 354 g/mol. The van der Waals surface area contributed by atoms with Crippen LogP contribution in [-0.4, -0.2) is 19.6 Å². The molecule has 0 unspecified atom stereocenters. The first-order chi connectivity index (χ1) is 11.2. The van der Waals surface area contributed by atoms with Gasteiger partial charge in [-0.1, -0.05) is 40.2 Å². The Labute approximate surface area is 143 Å². The summed E-state index contributed by atoms with van der Waals surface area (Å²) in [7, 11) is 0. The Balaban J connectivity index is 1.93. The van der Waals surface area contributed by atoms with E-state index in [0.29, 0.717) is 12.2 Å². The largest absolute Gasteiger partial charge is 0.377 e. The lowest BCUT2D eigenvalue weighted by atomic mass is 9.97. The van der Waals surface area contributed by atoms with Crippen molar-refractivity contribution in [1.82, 2.24) is 14.5 Å². The first-order valence-corrected chi connectivity index (χ1v) is 7.99. The van der Waals surface area contributed by atoms with Gasteiger partial charge in [0, 0.05) is 23.1 Å². The molecule has 0 amide bonds.